The highest BCUT2D eigenvalue weighted by molar-refractivity contribution is 5.81. The van der Waals surface area contributed by atoms with Gasteiger partial charge in [-0.15, -0.1) is 0 Å². The molecule has 4 nitrogen and oxygen atoms in total. The summed E-state index contributed by atoms with van der Waals surface area (Å²) < 4.78 is 6.03. The summed E-state index contributed by atoms with van der Waals surface area (Å²) in [7, 11) is 0. The Bertz CT molecular complexity index is 839. The lowest BCUT2D eigenvalue weighted by molar-refractivity contribution is -0.125. The zero-order valence-corrected chi connectivity index (χ0v) is 14.0. The minimum absolute atomic E-state index is 0.00871. The third-order valence-corrected chi connectivity index (χ3v) is 4.99. The second-order valence-corrected chi connectivity index (χ2v) is 6.81. The maximum absolute atomic E-state index is 12.8. The molecule has 25 heavy (non-hydrogen) atoms. The molecular weight excluding hydrogens is 312 g/mol. The van der Waals surface area contributed by atoms with E-state index in [1.165, 1.54) is 0 Å². The van der Waals surface area contributed by atoms with Crippen molar-refractivity contribution in [2.24, 2.45) is 11.7 Å². The van der Waals surface area contributed by atoms with Crippen LogP contribution in [0.25, 0.3) is 11.0 Å². The first-order chi connectivity index (χ1) is 12.2. The molecule has 0 bridgehead atoms. The number of carbonyl (C=O) groups is 1. The van der Waals surface area contributed by atoms with Crippen molar-refractivity contribution in [3.8, 4) is 0 Å². The Kier molecular flexibility index (Phi) is 4.28. The van der Waals surface area contributed by atoms with Gasteiger partial charge in [-0.3, -0.25) is 4.79 Å². The van der Waals surface area contributed by atoms with E-state index in [2.05, 4.69) is 5.32 Å². The van der Waals surface area contributed by atoms with Crippen LogP contribution < -0.4 is 11.1 Å². The SMILES string of the molecule is NC1CCC(C(=O)NC(c2ccccc2)c2cc3ccccc3o2)C1. The van der Waals surface area contributed by atoms with Crippen LogP contribution in [-0.4, -0.2) is 11.9 Å². The Morgan fingerprint density at radius 1 is 1.08 bits per heavy atom. The van der Waals surface area contributed by atoms with Crippen LogP contribution in [0.1, 0.15) is 36.6 Å². The van der Waals surface area contributed by atoms with E-state index in [4.69, 9.17) is 10.2 Å². The highest BCUT2D eigenvalue weighted by Gasteiger charge is 2.30. The maximum Gasteiger partial charge on any atom is 0.224 e. The molecule has 1 aromatic heterocycles. The number of amides is 1. The minimum atomic E-state index is -0.294. The fourth-order valence-electron chi connectivity index (χ4n) is 3.62. The first-order valence-electron chi connectivity index (χ1n) is 8.80. The molecule has 4 rings (SSSR count). The second-order valence-electron chi connectivity index (χ2n) is 6.81. The van der Waals surface area contributed by atoms with E-state index in [0.717, 1.165) is 41.6 Å². The number of nitrogens with one attached hydrogen (secondary N) is 1. The van der Waals surface area contributed by atoms with Gasteiger partial charge >= 0.3 is 0 Å². The second kappa shape index (κ2) is 6.73. The van der Waals surface area contributed by atoms with Gasteiger partial charge < -0.3 is 15.5 Å². The van der Waals surface area contributed by atoms with Crippen molar-refractivity contribution < 1.29 is 9.21 Å². The standard InChI is InChI=1S/C21H22N2O2/c22-17-11-10-16(12-17)21(24)23-20(14-6-2-1-3-7-14)19-13-15-8-4-5-9-18(15)25-19/h1-9,13,16-17,20H,10-12,22H2,(H,23,24). The van der Waals surface area contributed by atoms with Crippen molar-refractivity contribution in [3.63, 3.8) is 0 Å². The summed E-state index contributed by atoms with van der Waals surface area (Å²) in [6.07, 6.45) is 2.53. The van der Waals surface area contributed by atoms with Crippen LogP contribution in [-0.2, 0) is 4.79 Å². The summed E-state index contributed by atoms with van der Waals surface area (Å²) in [4.78, 5) is 12.8. The molecule has 1 saturated carbocycles. The van der Waals surface area contributed by atoms with Crippen molar-refractivity contribution in [2.45, 2.75) is 31.3 Å². The normalized spacial score (nSPS) is 21.3. The van der Waals surface area contributed by atoms with Crippen molar-refractivity contribution in [1.29, 1.82) is 0 Å². The first-order valence-corrected chi connectivity index (χ1v) is 8.80. The predicted molar refractivity (Wildman–Crippen MR) is 98.0 cm³/mol. The number of carbonyl (C=O) groups excluding carboxylic acids is 1. The predicted octanol–water partition coefficient (Wildman–Crippen LogP) is 3.77. The zero-order chi connectivity index (χ0) is 17.2. The average Bonchev–Trinajstić information content (AvgIpc) is 3.26. The van der Waals surface area contributed by atoms with Crippen molar-refractivity contribution in [1.82, 2.24) is 5.32 Å². The van der Waals surface area contributed by atoms with Gasteiger partial charge in [-0.2, -0.15) is 0 Å². The van der Waals surface area contributed by atoms with E-state index in [9.17, 15) is 4.79 Å². The van der Waals surface area contributed by atoms with Gasteiger partial charge in [0.1, 0.15) is 17.4 Å². The van der Waals surface area contributed by atoms with Gasteiger partial charge in [-0.1, -0.05) is 48.5 Å². The van der Waals surface area contributed by atoms with Crippen molar-refractivity contribution >= 4 is 16.9 Å². The molecule has 2 aromatic carbocycles. The smallest absolute Gasteiger partial charge is 0.224 e. The number of hydrogen-bond donors (Lipinski definition) is 2. The van der Waals surface area contributed by atoms with Gasteiger partial charge in [0.2, 0.25) is 5.91 Å². The summed E-state index contributed by atoms with van der Waals surface area (Å²) in [6, 6.07) is 19.7. The molecule has 1 aliphatic carbocycles. The minimum Gasteiger partial charge on any atom is -0.459 e. The van der Waals surface area contributed by atoms with Crippen LogP contribution in [0, 0.1) is 5.92 Å². The lowest BCUT2D eigenvalue weighted by Gasteiger charge is -2.19. The number of hydrogen-bond acceptors (Lipinski definition) is 3. The molecule has 1 amide bonds. The monoisotopic (exact) mass is 334 g/mol. The molecule has 3 aromatic rings. The van der Waals surface area contributed by atoms with Gasteiger partial charge in [0, 0.05) is 17.3 Å². The number of nitrogens with two attached hydrogens (primary N) is 1. The molecule has 1 heterocycles. The molecular formula is C21H22N2O2. The van der Waals surface area contributed by atoms with E-state index < -0.39 is 0 Å². The van der Waals surface area contributed by atoms with E-state index in [1.54, 1.807) is 0 Å². The Morgan fingerprint density at radius 2 is 1.84 bits per heavy atom. The average molecular weight is 334 g/mol. The summed E-state index contributed by atoms with van der Waals surface area (Å²) in [5.41, 5.74) is 7.81. The van der Waals surface area contributed by atoms with Crippen LogP contribution in [0.3, 0.4) is 0 Å². The Labute approximate surface area is 147 Å². The fraction of sp³-hybridized carbons (Fsp3) is 0.286. The van der Waals surface area contributed by atoms with Crippen LogP contribution in [0.2, 0.25) is 0 Å². The van der Waals surface area contributed by atoms with Crippen molar-refractivity contribution in [2.75, 3.05) is 0 Å². The lowest BCUT2D eigenvalue weighted by atomic mass is 10.0. The van der Waals surface area contributed by atoms with Gasteiger partial charge in [-0.05, 0) is 37.0 Å². The molecule has 0 aliphatic heterocycles. The molecule has 4 heteroatoms. The molecule has 1 aliphatic rings. The van der Waals surface area contributed by atoms with E-state index >= 15 is 0 Å². The highest BCUT2D eigenvalue weighted by atomic mass is 16.3. The summed E-state index contributed by atoms with van der Waals surface area (Å²) in [5.74, 6) is 0.802. The molecule has 128 valence electrons. The highest BCUT2D eigenvalue weighted by Crippen LogP contribution is 2.30. The van der Waals surface area contributed by atoms with Crippen LogP contribution in [0.15, 0.2) is 65.1 Å². The molecule has 0 spiro atoms. The van der Waals surface area contributed by atoms with Gasteiger partial charge in [-0.25, -0.2) is 0 Å². The van der Waals surface area contributed by atoms with E-state index in [0.29, 0.717) is 0 Å². The van der Waals surface area contributed by atoms with Gasteiger partial charge in [0.05, 0.1) is 0 Å². The summed E-state index contributed by atoms with van der Waals surface area (Å²) in [6.45, 7) is 0. The van der Waals surface area contributed by atoms with Crippen LogP contribution in [0.5, 0.6) is 0 Å². The third kappa shape index (κ3) is 3.30. The molecule has 3 atom stereocenters. The Balaban J connectivity index is 1.66. The van der Waals surface area contributed by atoms with Gasteiger partial charge in [0.15, 0.2) is 0 Å². The summed E-state index contributed by atoms with van der Waals surface area (Å²) in [5, 5.41) is 4.22. The number of benzene rings is 2. The topological polar surface area (TPSA) is 68.3 Å². The Hall–Kier alpha value is -2.59. The zero-order valence-electron chi connectivity index (χ0n) is 14.0. The van der Waals surface area contributed by atoms with Crippen LogP contribution >= 0.6 is 0 Å². The van der Waals surface area contributed by atoms with Crippen LogP contribution in [0.4, 0.5) is 0 Å². The number of para-hydroxylation sites is 1. The molecule has 0 radical (unpaired) electrons. The van der Waals surface area contributed by atoms with Gasteiger partial charge in [0.25, 0.3) is 0 Å². The first kappa shape index (κ1) is 15.9. The number of rotatable bonds is 4. The third-order valence-electron chi connectivity index (χ3n) is 4.99. The number of furan rings is 1. The molecule has 3 N–H and O–H groups in total. The number of fused-ring (bicyclic) bond motifs is 1. The maximum atomic E-state index is 12.8. The molecule has 1 fully saturated rings. The molecule has 0 saturated heterocycles. The Morgan fingerprint density at radius 3 is 2.56 bits per heavy atom. The summed E-state index contributed by atoms with van der Waals surface area (Å²) >= 11 is 0. The molecule has 3 unspecified atom stereocenters. The quantitative estimate of drug-likeness (QED) is 0.763. The lowest BCUT2D eigenvalue weighted by Crippen LogP contribution is -2.34. The fourth-order valence-corrected chi connectivity index (χ4v) is 3.62. The largest absolute Gasteiger partial charge is 0.459 e. The van der Waals surface area contributed by atoms with Crippen molar-refractivity contribution in [3.05, 3.63) is 72.0 Å². The van der Waals surface area contributed by atoms with E-state index in [1.807, 2.05) is 60.7 Å². The van der Waals surface area contributed by atoms with E-state index in [-0.39, 0.29) is 23.9 Å².